The minimum atomic E-state index is -0.716. The molecule has 2 aliphatic carbocycles. The largest absolute Gasteiger partial charge is 0.337 e. The lowest BCUT2D eigenvalue weighted by Gasteiger charge is -2.21. The average Bonchev–Trinajstić information content (AvgIpc) is 3.24. The molecule has 0 unspecified atom stereocenters. The molecule has 2 aliphatic rings. The van der Waals surface area contributed by atoms with Gasteiger partial charge in [0.2, 0.25) is 5.91 Å². The first-order valence-electron chi connectivity index (χ1n) is 9.39. The monoisotopic (exact) mass is 402 g/mol. The molecular weight excluding hydrogens is 380 g/mol. The van der Waals surface area contributed by atoms with E-state index in [-0.39, 0.29) is 17.2 Å². The molecule has 27 heavy (non-hydrogen) atoms. The van der Waals surface area contributed by atoms with Gasteiger partial charge in [-0.25, -0.2) is 4.98 Å². The van der Waals surface area contributed by atoms with Gasteiger partial charge >= 0.3 is 0 Å². The van der Waals surface area contributed by atoms with E-state index in [1.807, 2.05) is 0 Å². The molecule has 4 rings (SSSR count). The Hall–Kier alpha value is -1.85. The van der Waals surface area contributed by atoms with E-state index in [0.717, 1.165) is 47.9 Å². The van der Waals surface area contributed by atoms with Crippen molar-refractivity contribution in [2.24, 2.45) is 5.92 Å². The highest BCUT2D eigenvalue weighted by atomic mass is 32.2. The van der Waals surface area contributed by atoms with Gasteiger partial charge in [-0.15, -0.1) is 11.3 Å². The number of hydrogen-bond acceptors (Lipinski definition) is 6. The Kier molecular flexibility index (Phi) is 4.99. The summed E-state index contributed by atoms with van der Waals surface area (Å²) in [7, 11) is 0. The molecule has 6 nitrogen and oxygen atoms in total. The zero-order chi connectivity index (χ0) is 19.0. The van der Waals surface area contributed by atoms with Crippen molar-refractivity contribution in [2.45, 2.75) is 62.6 Å². The maximum atomic E-state index is 12.6. The highest BCUT2D eigenvalue weighted by molar-refractivity contribution is 7.99. The van der Waals surface area contributed by atoms with Gasteiger partial charge < -0.3 is 10.3 Å². The summed E-state index contributed by atoms with van der Waals surface area (Å²) in [5.74, 6) is 0.593. The third kappa shape index (κ3) is 3.63. The van der Waals surface area contributed by atoms with Crippen molar-refractivity contribution in [1.29, 1.82) is 5.26 Å². The van der Waals surface area contributed by atoms with Crippen LogP contribution in [-0.2, 0) is 17.6 Å². The minimum absolute atomic E-state index is 0.112. The van der Waals surface area contributed by atoms with Crippen LogP contribution in [0.25, 0.3) is 10.2 Å². The Morgan fingerprint density at radius 2 is 2.26 bits per heavy atom. The lowest BCUT2D eigenvalue weighted by molar-refractivity contribution is -0.119. The van der Waals surface area contributed by atoms with Crippen LogP contribution < -0.4 is 10.9 Å². The summed E-state index contributed by atoms with van der Waals surface area (Å²) in [6.07, 6.45) is 6.40. The van der Waals surface area contributed by atoms with Gasteiger partial charge in [0.15, 0.2) is 5.16 Å². The molecule has 2 aromatic rings. The van der Waals surface area contributed by atoms with E-state index in [1.54, 1.807) is 11.3 Å². The zero-order valence-corrected chi connectivity index (χ0v) is 16.9. The number of carbonyl (C=O) groups excluding carboxylic acids is 1. The first-order chi connectivity index (χ1) is 13.0. The Labute approximate surface area is 165 Å². The van der Waals surface area contributed by atoms with E-state index in [9.17, 15) is 14.9 Å². The van der Waals surface area contributed by atoms with Gasteiger partial charge in [-0.3, -0.25) is 9.59 Å². The molecule has 1 fully saturated rings. The van der Waals surface area contributed by atoms with Crippen molar-refractivity contribution < 1.29 is 4.79 Å². The Morgan fingerprint density at radius 3 is 3.00 bits per heavy atom. The van der Waals surface area contributed by atoms with Crippen LogP contribution in [0, 0.1) is 17.2 Å². The van der Waals surface area contributed by atoms with E-state index >= 15 is 0 Å². The van der Waals surface area contributed by atoms with Crippen molar-refractivity contribution in [3.8, 4) is 6.07 Å². The predicted molar refractivity (Wildman–Crippen MR) is 107 cm³/mol. The molecule has 2 aromatic heterocycles. The highest BCUT2D eigenvalue weighted by Gasteiger charge is 2.35. The quantitative estimate of drug-likeness (QED) is 0.605. The number of aromatic amines is 1. The molecule has 0 aromatic carbocycles. The summed E-state index contributed by atoms with van der Waals surface area (Å²) in [5, 5.41) is 13.4. The Bertz CT molecular complexity index is 982. The molecule has 142 valence electrons. The number of aryl methyl sites for hydroxylation is 1. The molecule has 0 radical (unpaired) electrons. The van der Waals surface area contributed by atoms with E-state index < -0.39 is 5.54 Å². The van der Waals surface area contributed by atoms with Crippen LogP contribution in [-0.4, -0.2) is 27.2 Å². The third-order valence-electron chi connectivity index (χ3n) is 5.53. The molecule has 1 saturated carbocycles. The van der Waals surface area contributed by atoms with E-state index in [0.29, 0.717) is 23.9 Å². The number of aromatic nitrogens is 2. The number of fused-ring (bicyclic) bond motifs is 3. The number of thiophene rings is 1. The van der Waals surface area contributed by atoms with E-state index in [1.165, 1.54) is 16.6 Å². The number of nitrogens with one attached hydrogen (secondary N) is 2. The topological polar surface area (TPSA) is 98.6 Å². The average molecular weight is 403 g/mol. The third-order valence-corrected chi connectivity index (χ3v) is 7.56. The van der Waals surface area contributed by atoms with Crippen molar-refractivity contribution in [3.05, 3.63) is 20.8 Å². The fourth-order valence-electron chi connectivity index (χ4n) is 4.08. The van der Waals surface area contributed by atoms with Crippen LogP contribution in [0.1, 0.15) is 49.5 Å². The van der Waals surface area contributed by atoms with Crippen LogP contribution in [0.2, 0.25) is 0 Å². The Morgan fingerprint density at radius 1 is 1.48 bits per heavy atom. The van der Waals surface area contributed by atoms with Crippen molar-refractivity contribution in [2.75, 3.05) is 5.75 Å². The molecule has 0 spiro atoms. The lowest BCUT2D eigenvalue weighted by Crippen LogP contribution is -2.45. The van der Waals surface area contributed by atoms with Crippen LogP contribution >= 0.6 is 23.1 Å². The molecular formula is C19H22N4O2S2. The second-order valence-electron chi connectivity index (χ2n) is 7.64. The molecule has 1 amide bonds. The molecule has 0 saturated heterocycles. The summed E-state index contributed by atoms with van der Waals surface area (Å²) < 4.78 is 0. The summed E-state index contributed by atoms with van der Waals surface area (Å²) in [4.78, 5) is 34.3. The summed E-state index contributed by atoms with van der Waals surface area (Å²) in [6.45, 7) is 2.24. The number of amides is 1. The maximum Gasteiger partial charge on any atom is 0.260 e. The normalized spacial score (nSPS) is 21.0. The van der Waals surface area contributed by atoms with Crippen LogP contribution in [0.3, 0.4) is 0 Å². The summed E-state index contributed by atoms with van der Waals surface area (Å²) in [5.41, 5.74) is 0.332. The predicted octanol–water partition coefficient (Wildman–Crippen LogP) is 3.15. The maximum absolute atomic E-state index is 12.6. The second kappa shape index (κ2) is 7.28. The van der Waals surface area contributed by atoms with Gasteiger partial charge in [-0.2, -0.15) is 5.26 Å². The SMILES string of the molecule is C[C@@H]1CCc2c(sc3nc(SCC(=O)NC4(C#N)CCCC4)[nH]c(=O)c23)C1. The number of hydrogen-bond donors (Lipinski definition) is 2. The second-order valence-corrected chi connectivity index (χ2v) is 9.69. The zero-order valence-electron chi connectivity index (χ0n) is 15.3. The van der Waals surface area contributed by atoms with Crippen LogP contribution in [0.15, 0.2) is 9.95 Å². The van der Waals surface area contributed by atoms with Gasteiger partial charge in [0.05, 0.1) is 17.2 Å². The van der Waals surface area contributed by atoms with E-state index in [4.69, 9.17) is 0 Å². The molecule has 8 heteroatoms. The first-order valence-corrected chi connectivity index (χ1v) is 11.2. The van der Waals surface area contributed by atoms with Gasteiger partial charge in [-0.05, 0) is 56.4 Å². The highest BCUT2D eigenvalue weighted by Crippen LogP contribution is 2.36. The van der Waals surface area contributed by atoms with Crippen molar-refractivity contribution in [3.63, 3.8) is 0 Å². The molecule has 0 aliphatic heterocycles. The summed E-state index contributed by atoms with van der Waals surface area (Å²) in [6, 6.07) is 2.26. The number of nitriles is 1. The number of H-pyrrole nitrogens is 1. The van der Waals surface area contributed by atoms with Gasteiger partial charge in [0, 0.05) is 4.88 Å². The van der Waals surface area contributed by atoms with Gasteiger partial charge in [-0.1, -0.05) is 18.7 Å². The summed E-state index contributed by atoms with van der Waals surface area (Å²) >= 11 is 2.82. The van der Waals surface area contributed by atoms with Gasteiger partial charge in [0.1, 0.15) is 10.4 Å². The molecule has 0 bridgehead atoms. The number of thioether (sulfide) groups is 1. The lowest BCUT2D eigenvalue weighted by atomic mass is 9.89. The molecule has 2 heterocycles. The fraction of sp³-hybridized carbons (Fsp3) is 0.579. The Balaban J connectivity index is 1.49. The number of rotatable bonds is 4. The minimum Gasteiger partial charge on any atom is -0.337 e. The fourth-order valence-corrected chi connectivity index (χ4v) is 6.18. The molecule has 2 N–H and O–H groups in total. The van der Waals surface area contributed by atoms with Crippen molar-refractivity contribution >= 4 is 39.2 Å². The number of nitrogens with zero attached hydrogens (tertiary/aromatic N) is 2. The number of carbonyl (C=O) groups is 1. The van der Waals surface area contributed by atoms with Crippen LogP contribution in [0.5, 0.6) is 0 Å². The smallest absolute Gasteiger partial charge is 0.260 e. The van der Waals surface area contributed by atoms with Crippen LogP contribution in [0.4, 0.5) is 0 Å². The first kappa shape index (κ1) is 18.5. The van der Waals surface area contributed by atoms with Gasteiger partial charge in [0.25, 0.3) is 5.56 Å². The van der Waals surface area contributed by atoms with Crippen molar-refractivity contribution in [1.82, 2.24) is 15.3 Å². The standard InChI is InChI=1S/C19H22N4O2S2/c1-11-4-5-12-13(8-11)27-17-15(12)16(25)21-18(22-17)26-9-14(24)23-19(10-20)6-2-3-7-19/h11H,2-9H2,1H3,(H,23,24)(H,21,22,25)/t11-/m1/s1. The molecule has 1 atom stereocenters. The van der Waals surface area contributed by atoms with E-state index in [2.05, 4.69) is 28.3 Å².